The van der Waals surface area contributed by atoms with E-state index in [0.717, 1.165) is 31.0 Å². The Balaban J connectivity index is 1.54. The lowest BCUT2D eigenvalue weighted by molar-refractivity contribution is 0.202. The van der Waals surface area contributed by atoms with Crippen LogP contribution < -0.4 is 0 Å². The van der Waals surface area contributed by atoms with Crippen LogP contribution in [0.15, 0.2) is 18.5 Å². The molecule has 1 aliphatic heterocycles. The minimum atomic E-state index is 0.672. The summed E-state index contributed by atoms with van der Waals surface area (Å²) in [7, 11) is 1.98. The Hall–Kier alpha value is -1.62. The van der Waals surface area contributed by atoms with Gasteiger partial charge in [-0.15, -0.1) is 0 Å². The van der Waals surface area contributed by atoms with E-state index in [0.29, 0.717) is 5.92 Å². The van der Waals surface area contributed by atoms with Gasteiger partial charge in [-0.3, -0.25) is 14.7 Å². The zero-order valence-corrected chi connectivity index (χ0v) is 11.6. The topological polar surface area (TPSA) is 49.7 Å². The van der Waals surface area contributed by atoms with Crippen LogP contribution in [0.25, 0.3) is 0 Å². The van der Waals surface area contributed by atoms with Crippen molar-refractivity contribution in [3.05, 3.63) is 35.4 Å². The Morgan fingerprint density at radius 2 is 2.16 bits per heavy atom. The van der Waals surface area contributed by atoms with Crippen LogP contribution in [0, 0.1) is 6.92 Å². The largest absolute Gasteiger partial charge is 0.297 e. The van der Waals surface area contributed by atoms with E-state index in [1.54, 1.807) is 0 Å². The number of aryl methyl sites for hydroxylation is 2. The second-order valence-corrected chi connectivity index (χ2v) is 5.54. The predicted octanol–water partition coefficient (Wildman–Crippen LogP) is 1.83. The normalized spacial score (nSPS) is 18.0. The quantitative estimate of drug-likeness (QED) is 0.915. The molecule has 1 N–H and O–H groups in total. The lowest BCUT2D eigenvalue weighted by Gasteiger charge is -2.30. The summed E-state index contributed by atoms with van der Waals surface area (Å²) in [6, 6.07) is 2.13. The van der Waals surface area contributed by atoms with E-state index in [-0.39, 0.29) is 0 Å². The Morgan fingerprint density at radius 1 is 1.37 bits per heavy atom. The summed E-state index contributed by atoms with van der Waals surface area (Å²) in [6.07, 6.45) is 6.60. The second kappa shape index (κ2) is 5.17. The molecule has 0 bridgehead atoms. The van der Waals surface area contributed by atoms with E-state index in [2.05, 4.69) is 32.5 Å². The number of nitrogens with one attached hydrogen (secondary N) is 1. The van der Waals surface area contributed by atoms with Gasteiger partial charge in [0.25, 0.3) is 0 Å². The van der Waals surface area contributed by atoms with Gasteiger partial charge in [-0.05, 0) is 50.4 Å². The highest BCUT2D eigenvalue weighted by atomic mass is 15.2. The van der Waals surface area contributed by atoms with Gasteiger partial charge in [-0.1, -0.05) is 0 Å². The van der Waals surface area contributed by atoms with Crippen molar-refractivity contribution in [1.82, 2.24) is 24.9 Å². The molecule has 5 nitrogen and oxygen atoms in total. The van der Waals surface area contributed by atoms with E-state index in [1.165, 1.54) is 18.4 Å². The zero-order valence-electron chi connectivity index (χ0n) is 11.6. The Kier molecular flexibility index (Phi) is 3.38. The van der Waals surface area contributed by atoms with Crippen LogP contribution in [0.5, 0.6) is 0 Å². The third-order valence-electron chi connectivity index (χ3n) is 3.93. The first-order valence-electron chi connectivity index (χ1n) is 6.92. The van der Waals surface area contributed by atoms with Crippen LogP contribution in [0.1, 0.15) is 35.7 Å². The van der Waals surface area contributed by atoms with Crippen molar-refractivity contribution in [2.24, 2.45) is 7.05 Å². The average Bonchev–Trinajstić information content (AvgIpc) is 3.00. The van der Waals surface area contributed by atoms with Crippen LogP contribution in [-0.4, -0.2) is 38.0 Å². The monoisotopic (exact) mass is 259 g/mol. The van der Waals surface area contributed by atoms with E-state index < -0.39 is 0 Å². The molecule has 0 amide bonds. The van der Waals surface area contributed by atoms with E-state index in [4.69, 9.17) is 0 Å². The van der Waals surface area contributed by atoms with Gasteiger partial charge >= 0.3 is 0 Å². The third-order valence-corrected chi connectivity index (χ3v) is 3.93. The summed E-state index contributed by atoms with van der Waals surface area (Å²) in [5.41, 5.74) is 3.68. The molecule has 0 aromatic carbocycles. The Labute approximate surface area is 113 Å². The van der Waals surface area contributed by atoms with Crippen molar-refractivity contribution >= 4 is 0 Å². The van der Waals surface area contributed by atoms with Crippen molar-refractivity contribution in [1.29, 1.82) is 0 Å². The predicted molar refractivity (Wildman–Crippen MR) is 73.8 cm³/mol. The summed E-state index contributed by atoms with van der Waals surface area (Å²) < 4.78 is 1.90. The minimum Gasteiger partial charge on any atom is -0.297 e. The summed E-state index contributed by atoms with van der Waals surface area (Å²) >= 11 is 0. The molecule has 102 valence electrons. The Bertz CT molecular complexity index is 534. The maximum absolute atomic E-state index is 4.31. The highest BCUT2D eigenvalue weighted by molar-refractivity contribution is 5.12. The zero-order chi connectivity index (χ0) is 13.2. The average molecular weight is 259 g/mol. The molecular weight excluding hydrogens is 238 g/mol. The molecule has 19 heavy (non-hydrogen) atoms. The number of aromatic amines is 1. The van der Waals surface area contributed by atoms with Crippen LogP contribution in [0.4, 0.5) is 0 Å². The van der Waals surface area contributed by atoms with Crippen molar-refractivity contribution in [2.45, 2.75) is 32.2 Å². The molecule has 0 aliphatic carbocycles. The van der Waals surface area contributed by atoms with Gasteiger partial charge in [-0.25, -0.2) is 0 Å². The first-order chi connectivity index (χ1) is 9.20. The molecule has 0 unspecified atom stereocenters. The fourth-order valence-electron chi connectivity index (χ4n) is 2.86. The van der Waals surface area contributed by atoms with Gasteiger partial charge in [0.1, 0.15) is 0 Å². The van der Waals surface area contributed by atoms with Crippen LogP contribution in [0.2, 0.25) is 0 Å². The van der Waals surface area contributed by atoms with Gasteiger partial charge in [0.2, 0.25) is 0 Å². The highest BCUT2D eigenvalue weighted by Gasteiger charge is 2.21. The first kappa shape index (κ1) is 12.4. The van der Waals surface area contributed by atoms with E-state index in [9.17, 15) is 0 Å². The number of hydrogen-bond acceptors (Lipinski definition) is 3. The molecule has 5 heteroatoms. The lowest BCUT2D eigenvalue weighted by Crippen LogP contribution is -2.32. The van der Waals surface area contributed by atoms with Crippen molar-refractivity contribution in [2.75, 3.05) is 13.1 Å². The molecule has 1 saturated heterocycles. The SMILES string of the molecule is Cc1cc(CN2CCC(c3cnn(C)c3)CC2)n[nH]1. The number of rotatable bonds is 3. The molecule has 3 heterocycles. The number of nitrogens with zero attached hydrogens (tertiary/aromatic N) is 4. The fourth-order valence-corrected chi connectivity index (χ4v) is 2.86. The van der Waals surface area contributed by atoms with Gasteiger partial charge in [-0.2, -0.15) is 10.2 Å². The van der Waals surface area contributed by atoms with Crippen molar-refractivity contribution in [3.63, 3.8) is 0 Å². The molecule has 0 spiro atoms. The standard InChI is InChI=1S/C14H21N5/c1-11-7-14(17-16-11)10-19-5-3-12(4-6-19)13-8-15-18(2)9-13/h7-9,12H,3-6,10H2,1-2H3,(H,16,17). The van der Waals surface area contributed by atoms with Crippen LogP contribution in [0.3, 0.4) is 0 Å². The smallest absolute Gasteiger partial charge is 0.0765 e. The molecule has 0 radical (unpaired) electrons. The minimum absolute atomic E-state index is 0.672. The first-order valence-corrected chi connectivity index (χ1v) is 6.92. The van der Waals surface area contributed by atoms with Crippen LogP contribution >= 0.6 is 0 Å². The van der Waals surface area contributed by atoms with Gasteiger partial charge in [0.05, 0.1) is 11.9 Å². The summed E-state index contributed by atoms with van der Waals surface area (Å²) in [5.74, 6) is 0.672. The van der Waals surface area contributed by atoms with E-state index in [1.807, 2.05) is 24.9 Å². The molecule has 1 aliphatic rings. The highest BCUT2D eigenvalue weighted by Crippen LogP contribution is 2.27. The Morgan fingerprint density at radius 3 is 2.74 bits per heavy atom. The van der Waals surface area contributed by atoms with Crippen molar-refractivity contribution < 1.29 is 0 Å². The molecular formula is C14H21N5. The van der Waals surface area contributed by atoms with Gasteiger partial charge < -0.3 is 0 Å². The summed E-state index contributed by atoms with van der Waals surface area (Å²) in [6.45, 7) is 5.30. The maximum Gasteiger partial charge on any atom is 0.0765 e. The van der Waals surface area contributed by atoms with Crippen LogP contribution in [-0.2, 0) is 13.6 Å². The summed E-state index contributed by atoms with van der Waals surface area (Å²) in [5, 5.41) is 11.6. The van der Waals surface area contributed by atoms with Gasteiger partial charge in [0.15, 0.2) is 0 Å². The maximum atomic E-state index is 4.31. The fraction of sp³-hybridized carbons (Fsp3) is 0.571. The number of likely N-dealkylation sites (tertiary alicyclic amines) is 1. The molecule has 1 fully saturated rings. The molecule has 2 aromatic rings. The van der Waals surface area contributed by atoms with Gasteiger partial charge in [0, 0.05) is 25.5 Å². The molecule has 0 atom stereocenters. The summed E-state index contributed by atoms with van der Waals surface area (Å²) in [4.78, 5) is 2.49. The number of piperidine rings is 1. The third kappa shape index (κ3) is 2.87. The molecule has 2 aromatic heterocycles. The van der Waals surface area contributed by atoms with Crippen molar-refractivity contribution in [3.8, 4) is 0 Å². The molecule has 0 saturated carbocycles. The lowest BCUT2D eigenvalue weighted by atomic mass is 9.91. The second-order valence-electron chi connectivity index (χ2n) is 5.54. The van der Waals surface area contributed by atoms with E-state index >= 15 is 0 Å². The number of hydrogen-bond donors (Lipinski definition) is 1. The molecule has 3 rings (SSSR count). The number of aromatic nitrogens is 4. The number of H-pyrrole nitrogens is 1.